The highest BCUT2D eigenvalue weighted by molar-refractivity contribution is 5.82. The van der Waals surface area contributed by atoms with Gasteiger partial charge in [-0.15, -0.1) is 0 Å². The van der Waals surface area contributed by atoms with Crippen LogP contribution in [0.4, 0.5) is 0 Å². The minimum atomic E-state index is 0.0788. The van der Waals surface area contributed by atoms with Crippen molar-refractivity contribution < 1.29 is 4.79 Å². The molecule has 2 rings (SSSR count). The van der Waals surface area contributed by atoms with Gasteiger partial charge in [-0.3, -0.25) is 4.79 Å². The van der Waals surface area contributed by atoms with Crippen LogP contribution in [-0.2, 0) is 4.79 Å². The zero-order valence-corrected chi connectivity index (χ0v) is 9.83. The summed E-state index contributed by atoms with van der Waals surface area (Å²) in [6.07, 6.45) is 5.11. The van der Waals surface area contributed by atoms with Gasteiger partial charge in [0.05, 0.1) is 6.04 Å². The van der Waals surface area contributed by atoms with Crippen molar-refractivity contribution in [1.29, 1.82) is 0 Å². The maximum absolute atomic E-state index is 12.1. The van der Waals surface area contributed by atoms with E-state index in [-0.39, 0.29) is 6.04 Å². The Labute approximate surface area is 92.2 Å². The zero-order valence-electron chi connectivity index (χ0n) is 9.83. The fraction of sp³-hybridized carbons (Fsp3) is 0.917. The summed E-state index contributed by atoms with van der Waals surface area (Å²) in [6.45, 7) is 4.12. The van der Waals surface area contributed by atoms with Gasteiger partial charge in [-0.1, -0.05) is 13.3 Å². The van der Waals surface area contributed by atoms with Gasteiger partial charge in [0.15, 0.2) is 0 Å². The standard InChI is InChI=1S/C12H22N2O/c1-9-6-7-13-11(9)12(15)14(2)8-10-4-3-5-10/h9-11,13H,3-8H2,1-2H3. The third-order valence-electron chi connectivity index (χ3n) is 3.93. The molecule has 0 aromatic heterocycles. The van der Waals surface area contributed by atoms with Crippen molar-refractivity contribution in [3.63, 3.8) is 0 Å². The highest BCUT2D eigenvalue weighted by atomic mass is 16.2. The molecule has 0 spiro atoms. The van der Waals surface area contributed by atoms with Crippen LogP contribution in [0.25, 0.3) is 0 Å². The lowest BCUT2D eigenvalue weighted by atomic mass is 9.85. The number of hydrogen-bond acceptors (Lipinski definition) is 2. The first-order valence-electron chi connectivity index (χ1n) is 6.17. The Morgan fingerprint density at radius 2 is 2.13 bits per heavy atom. The van der Waals surface area contributed by atoms with Crippen LogP contribution >= 0.6 is 0 Å². The lowest BCUT2D eigenvalue weighted by molar-refractivity contribution is -0.133. The van der Waals surface area contributed by atoms with E-state index in [1.807, 2.05) is 11.9 Å². The van der Waals surface area contributed by atoms with Gasteiger partial charge in [0.1, 0.15) is 0 Å². The maximum atomic E-state index is 12.1. The molecule has 0 aromatic rings. The molecule has 1 aliphatic heterocycles. The van der Waals surface area contributed by atoms with Gasteiger partial charge in [0.25, 0.3) is 0 Å². The highest BCUT2D eigenvalue weighted by Crippen LogP contribution is 2.27. The molecule has 1 saturated carbocycles. The summed E-state index contributed by atoms with van der Waals surface area (Å²) >= 11 is 0. The van der Waals surface area contributed by atoms with Crippen LogP contribution < -0.4 is 5.32 Å². The minimum absolute atomic E-state index is 0.0788. The molecule has 1 N–H and O–H groups in total. The first kappa shape index (κ1) is 10.9. The summed E-state index contributed by atoms with van der Waals surface area (Å²) < 4.78 is 0. The van der Waals surface area contributed by atoms with Crippen LogP contribution in [0.15, 0.2) is 0 Å². The molecule has 3 heteroatoms. The normalized spacial score (nSPS) is 31.3. The maximum Gasteiger partial charge on any atom is 0.239 e. The number of nitrogens with one attached hydrogen (secondary N) is 1. The quantitative estimate of drug-likeness (QED) is 0.760. The summed E-state index contributed by atoms with van der Waals surface area (Å²) in [4.78, 5) is 14.0. The van der Waals surface area contributed by atoms with Gasteiger partial charge < -0.3 is 10.2 Å². The Hall–Kier alpha value is -0.570. The Morgan fingerprint density at radius 3 is 2.60 bits per heavy atom. The van der Waals surface area contributed by atoms with Gasteiger partial charge in [-0.2, -0.15) is 0 Å². The summed E-state index contributed by atoms with van der Waals surface area (Å²) in [5, 5.41) is 3.31. The smallest absolute Gasteiger partial charge is 0.239 e. The molecule has 0 radical (unpaired) electrons. The molecule has 1 heterocycles. The topological polar surface area (TPSA) is 32.3 Å². The number of likely N-dealkylation sites (N-methyl/N-ethyl adjacent to an activating group) is 1. The van der Waals surface area contributed by atoms with Gasteiger partial charge in [-0.25, -0.2) is 0 Å². The monoisotopic (exact) mass is 210 g/mol. The molecule has 0 aromatic carbocycles. The first-order valence-corrected chi connectivity index (χ1v) is 6.17. The second kappa shape index (κ2) is 4.52. The van der Waals surface area contributed by atoms with Gasteiger partial charge in [0.2, 0.25) is 5.91 Å². The van der Waals surface area contributed by atoms with E-state index in [0.29, 0.717) is 11.8 Å². The van der Waals surface area contributed by atoms with Crippen molar-refractivity contribution in [2.75, 3.05) is 20.1 Å². The molecule has 1 aliphatic carbocycles. The second-order valence-electron chi connectivity index (χ2n) is 5.21. The molecule has 1 saturated heterocycles. The fourth-order valence-corrected chi connectivity index (χ4v) is 2.56. The summed E-state index contributed by atoms with van der Waals surface area (Å²) in [6, 6.07) is 0.0788. The van der Waals surface area contributed by atoms with Crippen LogP contribution in [0.1, 0.15) is 32.6 Å². The highest BCUT2D eigenvalue weighted by Gasteiger charge is 2.32. The third-order valence-corrected chi connectivity index (χ3v) is 3.93. The molecule has 1 amide bonds. The number of carbonyl (C=O) groups is 1. The van der Waals surface area contributed by atoms with Gasteiger partial charge in [-0.05, 0) is 37.6 Å². The van der Waals surface area contributed by atoms with Crippen LogP contribution in [0, 0.1) is 11.8 Å². The van der Waals surface area contributed by atoms with E-state index in [1.54, 1.807) is 0 Å². The number of nitrogens with zero attached hydrogens (tertiary/aromatic N) is 1. The summed E-state index contributed by atoms with van der Waals surface area (Å²) in [7, 11) is 1.95. The minimum Gasteiger partial charge on any atom is -0.344 e. The molecule has 2 fully saturated rings. The average molecular weight is 210 g/mol. The van der Waals surface area contributed by atoms with Crippen LogP contribution in [-0.4, -0.2) is 37.0 Å². The van der Waals surface area contributed by atoms with E-state index < -0.39 is 0 Å². The predicted octanol–water partition coefficient (Wildman–Crippen LogP) is 1.24. The molecular formula is C12H22N2O. The lowest BCUT2D eigenvalue weighted by Crippen LogP contribution is -2.46. The molecule has 0 bridgehead atoms. The van der Waals surface area contributed by atoms with E-state index in [2.05, 4.69) is 12.2 Å². The van der Waals surface area contributed by atoms with E-state index in [1.165, 1.54) is 19.3 Å². The number of rotatable bonds is 3. The van der Waals surface area contributed by atoms with Crippen molar-refractivity contribution in [3.05, 3.63) is 0 Å². The van der Waals surface area contributed by atoms with E-state index in [4.69, 9.17) is 0 Å². The first-order chi connectivity index (χ1) is 7.18. The summed E-state index contributed by atoms with van der Waals surface area (Å²) in [5.41, 5.74) is 0. The van der Waals surface area contributed by atoms with Crippen LogP contribution in [0.5, 0.6) is 0 Å². The number of amides is 1. The Balaban J connectivity index is 1.82. The van der Waals surface area contributed by atoms with Crippen molar-refractivity contribution in [2.24, 2.45) is 11.8 Å². The van der Waals surface area contributed by atoms with E-state index in [0.717, 1.165) is 25.4 Å². The molecule has 2 atom stereocenters. The molecule has 2 aliphatic rings. The van der Waals surface area contributed by atoms with Crippen molar-refractivity contribution in [2.45, 2.75) is 38.6 Å². The molecular weight excluding hydrogens is 188 g/mol. The van der Waals surface area contributed by atoms with Crippen molar-refractivity contribution >= 4 is 5.91 Å². The van der Waals surface area contributed by atoms with Crippen molar-refractivity contribution in [3.8, 4) is 0 Å². The summed E-state index contributed by atoms with van der Waals surface area (Å²) in [5.74, 6) is 1.57. The van der Waals surface area contributed by atoms with Crippen molar-refractivity contribution in [1.82, 2.24) is 10.2 Å². The lowest BCUT2D eigenvalue weighted by Gasteiger charge is -2.32. The van der Waals surface area contributed by atoms with E-state index in [9.17, 15) is 4.79 Å². The molecule has 2 unspecified atom stereocenters. The molecule has 86 valence electrons. The van der Waals surface area contributed by atoms with Gasteiger partial charge in [0, 0.05) is 13.6 Å². The van der Waals surface area contributed by atoms with Gasteiger partial charge >= 0.3 is 0 Å². The fourth-order valence-electron chi connectivity index (χ4n) is 2.56. The SMILES string of the molecule is CC1CCNC1C(=O)N(C)CC1CCC1. The Bertz CT molecular complexity index is 238. The zero-order chi connectivity index (χ0) is 10.8. The predicted molar refractivity (Wildman–Crippen MR) is 60.5 cm³/mol. The van der Waals surface area contributed by atoms with E-state index >= 15 is 0 Å². The second-order valence-corrected chi connectivity index (χ2v) is 5.21. The van der Waals surface area contributed by atoms with Crippen LogP contribution in [0.2, 0.25) is 0 Å². The largest absolute Gasteiger partial charge is 0.344 e. The third kappa shape index (κ3) is 2.33. The Morgan fingerprint density at radius 1 is 1.40 bits per heavy atom. The molecule has 3 nitrogen and oxygen atoms in total. The average Bonchev–Trinajstić information content (AvgIpc) is 2.56. The number of hydrogen-bond donors (Lipinski definition) is 1. The van der Waals surface area contributed by atoms with Crippen LogP contribution in [0.3, 0.4) is 0 Å². The number of carbonyl (C=O) groups excluding carboxylic acids is 1. The Kier molecular flexibility index (Phi) is 3.29. The molecule has 15 heavy (non-hydrogen) atoms.